The maximum Gasteiger partial charge on any atom is 0.270 e. The zero-order chi connectivity index (χ0) is 26.3. The third-order valence-electron chi connectivity index (χ3n) is 7.49. The van der Waals surface area contributed by atoms with Gasteiger partial charge in [-0.15, -0.1) is 0 Å². The van der Waals surface area contributed by atoms with Gasteiger partial charge in [0.05, 0.1) is 17.0 Å². The summed E-state index contributed by atoms with van der Waals surface area (Å²) in [4.78, 5) is 32.9. The second-order valence-electron chi connectivity index (χ2n) is 10.3. The maximum atomic E-state index is 13.6. The van der Waals surface area contributed by atoms with Crippen molar-refractivity contribution in [1.82, 2.24) is 19.3 Å². The molecule has 9 heteroatoms. The molecule has 2 aromatic carbocycles. The monoisotopic (exact) mass is 522 g/mol. The summed E-state index contributed by atoms with van der Waals surface area (Å²) in [6, 6.07) is 15.8. The first-order chi connectivity index (χ1) is 17.6. The van der Waals surface area contributed by atoms with Crippen molar-refractivity contribution in [1.29, 1.82) is 0 Å². The van der Waals surface area contributed by atoms with E-state index in [1.54, 1.807) is 4.90 Å². The summed E-state index contributed by atoms with van der Waals surface area (Å²) < 4.78 is 25.8. The van der Waals surface area contributed by atoms with Crippen LogP contribution in [0.5, 0.6) is 0 Å². The zero-order valence-electron chi connectivity index (χ0n) is 21.7. The van der Waals surface area contributed by atoms with Gasteiger partial charge in [0.25, 0.3) is 11.8 Å². The van der Waals surface area contributed by atoms with Crippen molar-refractivity contribution in [2.75, 3.05) is 50.8 Å². The van der Waals surface area contributed by atoms with Crippen LogP contribution in [0.15, 0.2) is 48.5 Å². The number of amides is 2. The van der Waals surface area contributed by atoms with Gasteiger partial charge in [-0.25, -0.2) is 8.42 Å². The largest absolute Gasteiger partial charge is 0.336 e. The summed E-state index contributed by atoms with van der Waals surface area (Å²) in [6.07, 6.45) is 0. The number of piperazine rings is 1. The lowest BCUT2D eigenvalue weighted by atomic mass is 10.1. The first-order valence-electron chi connectivity index (χ1n) is 12.9. The quantitative estimate of drug-likeness (QED) is 0.526. The molecule has 0 unspecified atom stereocenters. The van der Waals surface area contributed by atoms with Crippen LogP contribution < -0.4 is 0 Å². The van der Waals surface area contributed by atoms with E-state index in [1.165, 1.54) is 0 Å². The van der Waals surface area contributed by atoms with Crippen molar-refractivity contribution < 1.29 is 18.0 Å². The molecule has 2 aliphatic rings. The highest BCUT2D eigenvalue weighted by Gasteiger charge is 2.29. The molecule has 0 spiro atoms. The molecule has 2 fully saturated rings. The van der Waals surface area contributed by atoms with Gasteiger partial charge in [0, 0.05) is 61.9 Å². The maximum absolute atomic E-state index is 13.6. The highest BCUT2D eigenvalue weighted by molar-refractivity contribution is 7.91. The van der Waals surface area contributed by atoms with Crippen molar-refractivity contribution in [3.63, 3.8) is 0 Å². The fourth-order valence-electron chi connectivity index (χ4n) is 5.25. The van der Waals surface area contributed by atoms with Crippen molar-refractivity contribution in [3.05, 3.63) is 65.4 Å². The number of benzene rings is 2. The summed E-state index contributed by atoms with van der Waals surface area (Å²) >= 11 is 0. The molecule has 8 nitrogen and oxygen atoms in total. The molecule has 0 N–H and O–H groups in total. The van der Waals surface area contributed by atoms with Crippen LogP contribution in [0, 0.1) is 6.92 Å². The van der Waals surface area contributed by atoms with E-state index in [-0.39, 0.29) is 36.4 Å². The highest BCUT2D eigenvalue weighted by atomic mass is 32.2. The number of hydrogen-bond acceptors (Lipinski definition) is 5. The molecular weight excluding hydrogens is 488 g/mol. The van der Waals surface area contributed by atoms with Crippen LogP contribution in [0.25, 0.3) is 16.6 Å². The van der Waals surface area contributed by atoms with Crippen LogP contribution in [0.3, 0.4) is 0 Å². The summed E-state index contributed by atoms with van der Waals surface area (Å²) in [6.45, 7) is 9.83. The number of rotatable bonds is 4. The van der Waals surface area contributed by atoms with E-state index in [0.717, 1.165) is 35.2 Å². The van der Waals surface area contributed by atoms with Gasteiger partial charge >= 0.3 is 0 Å². The van der Waals surface area contributed by atoms with Crippen LogP contribution in [-0.4, -0.2) is 96.3 Å². The predicted molar refractivity (Wildman–Crippen MR) is 145 cm³/mol. The SMILES string of the molecule is Cc1cccc(-n2c(C(=O)N3CCS(=O)(=O)CC3)cc3cc(C(=O)N4CCN(C(C)C)CC4)ccc32)c1. The molecule has 1 aromatic heterocycles. The van der Waals surface area contributed by atoms with Gasteiger partial charge in [-0.1, -0.05) is 12.1 Å². The zero-order valence-corrected chi connectivity index (χ0v) is 22.5. The molecule has 2 aliphatic heterocycles. The Labute approximate surface area is 218 Å². The van der Waals surface area contributed by atoms with Crippen LogP contribution in [0.1, 0.15) is 40.3 Å². The van der Waals surface area contributed by atoms with Gasteiger partial charge in [0.2, 0.25) is 0 Å². The minimum atomic E-state index is -3.10. The Morgan fingerprint density at radius 3 is 2.14 bits per heavy atom. The average molecular weight is 523 g/mol. The number of fused-ring (bicyclic) bond motifs is 1. The molecule has 0 bridgehead atoms. The van der Waals surface area contributed by atoms with Gasteiger partial charge in [-0.2, -0.15) is 0 Å². The molecule has 0 atom stereocenters. The molecule has 37 heavy (non-hydrogen) atoms. The molecule has 196 valence electrons. The lowest BCUT2D eigenvalue weighted by molar-refractivity contribution is 0.0595. The van der Waals surface area contributed by atoms with Crippen molar-refractivity contribution in [2.45, 2.75) is 26.8 Å². The normalized spacial score (nSPS) is 18.5. The van der Waals surface area contributed by atoms with Gasteiger partial charge in [0.1, 0.15) is 5.69 Å². The van der Waals surface area contributed by atoms with Crippen molar-refractivity contribution in [2.24, 2.45) is 0 Å². The van der Waals surface area contributed by atoms with Crippen molar-refractivity contribution >= 4 is 32.6 Å². The number of aryl methyl sites for hydroxylation is 1. The smallest absolute Gasteiger partial charge is 0.270 e. The van der Waals surface area contributed by atoms with Gasteiger partial charge < -0.3 is 14.4 Å². The number of aromatic nitrogens is 1. The number of sulfone groups is 1. The summed E-state index contributed by atoms with van der Waals surface area (Å²) in [7, 11) is -3.10. The van der Waals surface area contributed by atoms with E-state index in [9.17, 15) is 18.0 Å². The minimum absolute atomic E-state index is 0.00252. The Balaban J connectivity index is 1.50. The lowest BCUT2D eigenvalue weighted by Crippen LogP contribution is -2.50. The lowest BCUT2D eigenvalue weighted by Gasteiger charge is -2.37. The number of carbonyl (C=O) groups is 2. The number of nitrogens with zero attached hydrogens (tertiary/aromatic N) is 4. The van der Waals surface area contributed by atoms with Crippen molar-refractivity contribution in [3.8, 4) is 5.69 Å². The molecule has 0 radical (unpaired) electrons. The first-order valence-corrected chi connectivity index (χ1v) is 14.7. The van der Waals surface area contributed by atoms with Crippen LogP contribution in [0.4, 0.5) is 0 Å². The molecule has 2 amide bonds. The molecule has 2 saturated heterocycles. The molecule has 0 aliphatic carbocycles. The third kappa shape index (κ3) is 5.15. The van der Waals surface area contributed by atoms with Crippen LogP contribution in [-0.2, 0) is 9.84 Å². The van der Waals surface area contributed by atoms with Gasteiger partial charge in [-0.3, -0.25) is 14.5 Å². The Bertz CT molecular complexity index is 1440. The summed E-state index contributed by atoms with van der Waals surface area (Å²) in [5, 5.41) is 0.807. The number of carbonyl (C=O) groups excluding carboxylic acids is 2. The topological polar surface area (TPSA) is 82.9 Å². The summed E-state index contributed by atoms with van der Waals surface area (Å²) in [5.41, 5.74) is 3.82. The molecule has 5 rings (SSSR count). The molecule has 3 aromatic rings. The van der Waals surface area contributed by atoms with Crippen LogP contribution >= 0.6 is 0 Å². The van der Waals surface area contributed by atoms with E-state index in [1.807, 2.05) is 64.9 Å². The first kappa shape index (κ1) is 25.5. The Morgan fingerprint density at radius 2 is 1.49 bits per heavy atom. The molecular formula is C28H34N4O4S. The Morgan fingerprint density at radius 1 is 0.811 bits per heavy atom. The second kappa shape index (κ2) is 9.95. The molecule has 3 heterocycles. The minimum Gasteiger partial charge on any atom is -0.336 e. The van der Waals surface area contributed by atoms with E-state index < -0.39 is 9.84 Å². The number of hydrogen-bond donors (Lipinski definition) is 0. The second-order valence-corrected chi connectivity index (χ2v) is 12.6. The fraction of sp³-hybridized carbons (Fsp3) is 0.429. The standard InChI is InChI=1S/C28H34N4O4S/c1-20(2)29-9-11-30(12-10-29)27(33)22-7-8-25-23(18-22)19-26(32(25)24-6-4-5-21(3)17-24)28(34)31-13-15-37(35,36)16-14-31/h4-8,17-20H,9-16H2,1-3H3. The van der Waals surface area contributed by atoms with Crippen LogP contribution in [0.2, 0.25) is 0 Å². The van der Waals surface area contributed by atoms with Gasteiger partial charge in [-0.05, 0) is 62.7 Å². The highest BCUT2D eigenvalue weighted by Crippen LogP contribution is 2.28. The third-order valence-corrected chi connectivity index (χ3v) is 9.10. The van der Waals surface area contributed by atoms with E-state index in [2.05, 4.69) is 18.7 Å². The average Bonchev–Trinajstić information content (AvgIpc) is 3.27. The van der Waals surface area contributed by atoms with E-state index >= 15 is 0 Å². The van der Waals surface area contributed by atoms with Gasteiger partial charge in [0.15, 0.2) is 9.84 Å². The summed E-state index contributed by atoms with van der Waals surface area (Å²) in [5.74, 6) is -0.244. The fourth-order valence-corrected chi connectivity index (χ4v) is 6.45. The van der Waals surface area contributed by atoms with E-state index in [4.69, 9.17) is 0 Å². The Kier molecular flexibility index (Phi) is 6.85. The Hall–Kier alpha value is -3.17. The van der Waals surface area contributed by atoms with E-state index in [0.29, 0.717) is 30.4 Å². The predicted octanol–water partition coefficient (Wildman–Crippen LogP) is 2.98. The molecule has 0 saturated carbocycles.